The number of hydrogen-bond acceptors (Lipinski definition) is 6. The van der Waals surface area contributed by atoms with E-state index >= 15 is 0 Å². The lowest BCUT2D eigenvalue weighted by Gasteiger charge is -2.46. The smallest absolute Gasteiger partial charge is 0.276 e. The fraction of sp³-hybridized carbons (Fsp3) is 0.500. The van der Waals surface area contributed by atoms with Crippen LogP contribution in [0.15, 0.2) is 36.5 Å². The standard InChI is InChI=1S/C18H22N4O4/c23-15-10-18(26-12-16(15)24)6-8-21(9-7-18)17(25)14-11-22(20-19-14)13-4-2-1-3-5-13/h1-5,11,15-16,23-24H,6-10,12H2/t15-,16+/m1/s1. The van der Waals surface area contributed by atoms with Crippen LogP contribution in [0, 0.1) is 0 Å². The van der Waals surface area contributed by atoms with Crippen molar-refractivity contribution in [2.75, 3.05) is 19.7 Å². The Kier molecular flexibility index (Phi) is 4.47. The summed E-state index contributed by atoms with van der Waals surface area (Å²) in [7, 11) is 0. The number of aromatic nitrogens is 3. The molecule has 138 valence electrons. The lowest BCUT2D eigenvalue weighted by molar-refractivity contribution is -0.185. The van der Waals surface area contributed by atoms with Gasteiger partial charge in [0.2, 0.25) is 0 Å². The minimum atomic E-state index is -0.826. The van der Waals surface area contributed by atoms with Gasteiger partial charge in [-0.2, -0.15) is 0 Å². The minimum absolute atomic E-state index is 0.139. The van der Waals surface area contributed by atoms with Gasteiger partial charge in [0, 0.05) is 19.5 Å². The summed E-state index contributed by atoms with van der Waals surface area (Å²) in [6.07, 6.45) is 1.72. The second kappa shape index (κ2) is 6.79. The molecule has 1 aromatic heterocycles. The second-order valence-corrected chi connectivity index (χ2v) is 7.01. The van der Waals surface area contributed by atoms with Gasteiger partial charge in [-0.05, 0) is 25.0 Å². The first-order valence-corrected chi connectivity index (χ1v) is 8.83. The molecule has 4 rings (SSSR count). The summed E-state index contributed by atoms with van der Waals surface area (Å²) in [5.41, 5.74) is 0.710. The molecule has 2 N–H and O–H groups in total. The first-order chi connectivity index (χ1) is 12.6. The average molecular weight is 358 g/mol. The molecule has 0 aliphatic carbocycles. The van der Waals surface area contributed by atoms with Gasteiger partial charge in [0.05, 0.1) is 30.2 Å². The topological polar surface area (TPSA) is 101 Å². The van der Waals surface area contributed by atoms with Gasteiger partial charge in [0.15, 0.2) is 5.69 Å². The first-order valence-electron chi connectivity index (χ1n) is 8.83. The van der Waals surface area contributed by atoms with Gasteiger partial charge in [0.1, 0.15) is 6.10 Å². The van der Waals surface area contributed by atoms with Crippen molar-refractivity contribution in [3.8, 4) is 5.69 Å². The third-order valence-corrected chi connectivity index (χ3v) is 5.28. The molecule has 2 fully saturated rings. The number of carbonyl (C=O) groups excluding carboxylic acids is 1. The molecule has 8 heteroatoms. The van der Waals surface area contributed by atoms with Gasteiger partial charge < -0.3 is 19.8 Å². The summed E-state index contributed by atoms with van der Waals surface area (Å²) in [6.45, 7) is 1.19. The summed E-state index contributed by atoms with van der Waals surface area (Å²) in [5.74, 6) is -0.154. The van der Waals surface area contributed by atoms with Crippen molar-refractivity contribution in [3.05, 3.63) is 42.2 Å². The van der Waals surface area contributed by atoms with E-state index in [0.29, 0.717) is 38.0 Å². The molecule has 0 radical (unpaired) electrons. The molecular weight excluding hydrogens is 336 g/mol. The molecule has 26 heavy (non-hydrogen) atoms. The molecule has 1 aromatic carbocycles. The molecule has 8 nitrogen and oxygen atoms in total. The third kappa shape index (κ3) is 3.23. The number of para-hydroxylation sites is 1. The minimum Gasteiger partial charge on any atom is -0.390 e. The third-order valence-electron chi connectivity index (χ3n) is 5.28. The van der Waals surface area contributed by atoms with Crippen molar-refractivity contribution in [1.29, 1.82) is 0 Å². The highest BCUT2D eigenvalue weighted by molar-refractivity contribution is 5.92. The lowest BCUT2D eigenvalue weighted by Crippen LogP contribution is -2.55. The van der Waals surface area contributed by atoms with E-state index in [0.717, 1.165) is 5.69 Å². The van der Waals surface area contributed by atoms with Crippen LogP contribution in [0.1, 0.15) is 29.8 Å². The maximum atomic E-state index is 12.7. The fourth-order valence-electron chi connectivity index (χ4n) is 3.65. The zero-order valence-electron chi connectivity index (χ0n) is 14.4. The van der Waals surface area contributed by atoms with Crippen LogP contribution in [0.2, 0.25) is 0 Å². The van der Waals surface area contributed by atoms with Crippen LogP contribution in [-0.2, 0) is 4.74 Å². The van der Waals surface area contributed by atoms with E-state index < -0.39 is 17.8 Å². The van der Waals surface area contributed by atoms with Gasteiger partial charge in [0.25, 0.3) is 5.91 Å². The van der Waals surface area contributed by atoms with Crippen LogP contribution < -0.4 is 0 Å². The summed E-state index contributed by atoms with van der Waals surface area (Å²) >= 11 is 0. The predicted molar refractivity (Wildman–Crippen MR) is 91.8 cm³/mol. The molecular formula is C18H22N4O4. The highest BCUT2D eigenvalue weighted by Gasteiger charge is 2.43. The Hall–Kier alpha value is -2.29. The number of nitrogens with zero attached hydrogens (tertiary/aromatic N) is 4. The van der Waals surface area contributed by atoms with Crippen LogP contribution in [-0.4, -0.2) is 73.5 Å². The van der Waals surface area contributed by atoms with Crippen LogP contribution >= 0.6 is 0 Å². The quantitative estimate of drug-likeness (QED) is 0.805. The summed E-state index contributed by atoms with van der Waals surface area (Å²) < 4.78 is 7.39. The van der Waals surface area contributed by atoms with Crippen molar-refractivity contribution in [2.45, 2.75) is 37.1 Å². The number of aliphatic hydroxyl groups is 2. The van der Waals surface area contributed by atoms with Crippen LogP contribution in [0.4, 0.5) is 0 Å². The van der Waals surface area contributed by atoms with Crippen molar-refractivity contribution >= 4 is 5.91 Å². The number of rotatable bonds is 2. The van der Waals surface area contributed by atoms with E-state index in [2.05, 4.69) is 10.3 Å². The number of aliphatic hydroxyl groups excluding tert-OH is 2. The maximum absolute atomic E-state index is 12.7. The normalized spacial score (nSPS) is 25.4. The molecule has 2 atom stereocenters. The largest absolute Gasteiger partial charge is 0.390 e. The molecule has 0 saturated carbocycles. The molecule has 2 aliphatic rings. The second-order valence-electron chi connectivity index (χ2n) is 7.01. The van der Waals surface area contributed by atoms with Crippen LogP contribution in [0.25, 0.3) is 5.69 Å². The Bertz CT molecular complexity index is 771. The van der Waals surface area contributed by atoms with Crippen LogP contribution in [0.3, 0.4) is 0 Å². The molecule has 1 spiro atoms. The van der Waals surface area contributed by atoms with Crippen molar-refractivity contribution in [2.24, 2.45) is 0 Å². The Balaban J connectivity index is 1.41. The summed E-state index contributed by atoms with van der Waals surface area (Å²) in [6, 6.07) is 9.51. The summed E-state index contributed by atoms with van der Waals surface area (Å²) in [4.78, 5) is 14.5. The molecule has 0 bridgehead atoms. The Morgan fingerprint density at radius 2 is 1.88 bits per heavy atom. The van der Waals surface area contributed by atoms with Gasteiger partial charge in [-0.3, -0.25) is 4.79 Å². The predicted octanol–water partition coefficient (Wildman–Crippen LogP) is 0.384. The van der Waals surface area contributed by atoms with E-state index in [-0.39, 0.29) is 12.5 Å². The lowest BCUT2D eigenvalue weighted by atomic mass is 9.82. The number of hydrogen-bond donors (Lipinski definition) is 2. The van der Waals surface area contributed by atoms with Gasteiger partial charge >= 0.3 is 0 Å². The molecule has 0 unspecified atom stereocenters. The number of carbonyl (C=O) groups is 1. The Morgan fingerprint density at radius 1 is 1.15 bits per heavy atom. The van der Waals surface area contributed by atoms with Gasteiger partial charge in [-0.25, -0.2) is 4.68 Å². The zero-order valence-corrected chi connectivity index (χ0v) is 14.4. The van der Waals surface area contributed by atoms with E-state index in [9.17, 15) is 15.0 Å². The number of ether oxygens (including phenoxy) is 1. The van der Waals surface area contributed by atoms with E-state index in [1.54, 1.807) is 15.8 Å². The molecule has 2 aromatic rings. The number of amides is 1. The molecule has 3 heterocycles. The van der Waals surface area contributed by atoms with Crippen molar-refractivity contribution < 1.29 is 19.7 Å². The fourth-order valence-corrected chi connectivity index (χ4v) is 3.65. The van der Waals surface area contributed by atoms with E-state index in [1.165, 1.54) is 0 Å². The Morgan fingerprint density at radius 3 is 2.58 bits per heavy atom. The highest BCUT2D eigenvalue weighted by Crippen LogP contribution is 2.35. The van der Waals surface area contributed by atoms with Gasteiger partial charge in [-0.15, -0.1) is 5.10 Å². The van der Waals surface area contributed by atoms with E-state index in [4.69, 9.17) is 4.74 Å². The van der Waals surface area contributed by atoms with E-state index in [1.807, 2.05) is 30.3 Å². The Labute approximate surface area is 151 Å². The first kappa shape index (κ1) is 17.1. The monoisotopic (exact) mass is 358 g/mol. The van der Waals surface area contributed by atoms with Gasteiger partial charge in [-0.1, -0.05) is 23.4 Å². The zero-order chi connectivity index (χ0) is 18.1. The van der Waals surface area contributed by atoms with Crippen LogP contribution in [0.5, 0.6) is 0 Å². The molecule has 2 aliphatic heterocycles. The SMILES string of the molecule is O=C(c1cn(-c2ccccc2)nn1)N1CCC2(CC1)C[C@@H](O)[C@@H](O)CO2. The molecule has 2 saturated heterocycles. The summed E-state index contributed by atoms with van der Waals surface area (Å²) in [5, 5.41) is 27.6. The maximum Gasteiger partial charge on any atom is 0.276 e. The van der Waals surface area contributed by atoms with Crippen molar-refractivity contribution in [1.82, 2.24) is 19.9 Å². The highest BCUT2D eigenvalue weighted by atomic mass is 16.5. The number of likely N-dealkylation sites (tertiary alicyclic amines) is 1. The van der Waals surface area contributed by atoms with Crippen molar-refractivity contribution in [3.63, 3.8) is 0 Å². The number of benzene rings is 1. The average Bonchev–Trinajstić information content (AvgIpc) is 3.16. The molecule has 1 amide bonds. The number of piperidine rings is 1.